The highest BCUT2D eigenvalue weighted by Gasteiger charge is 2.25. The van der Waals surface area contributed by atoms with E-state index in [1.54, 1.807) is 7.11 Å². The summed E-state index contributed by atoms with van der Waals surface area (Å²) in [7, 11) is 1.68. The molecule has 0 spiro atoms. The van der Waals surface area contributed by atoms with E-state index in [1.165, 1.54) is 24.8 Å². The van der Waals surface area contributed by atoms with Crippen LogP contribution in [0.5, 0.6) is 5.75 Å². The standard InChI is InChI=1S/C12H17NO.ClH/c1-14-11-7-5-10(6-8-11)12(13)9-3-2-4-9;/h5-9,12H,2-4,13H2,1H3;1H. The van der Waals surface area contributed by atoms with Crippen molar-refractivity contribution in [2.75, 3.05) is 7.11 Å². The van der Waals surface area contributed by atoms with Crippen molar-refractivity contribution in [3.8, 4) is 5.75 Å². The van der Waals surface area contributed by atoms with E-state index in [2.05, 4.69) is 12.1 Å². The Bertz CT molecular complexity index is 295. The van der Waals surface area contributed by atoms with E-state index in [1.807, 2.05) is 12.1 Å². The summed E-state index contributed by atoms with van der Waals surface area (Å²) in [6.07, 6.45) is 3.91. The van der Waals surface area contributed by atoms with Crippen molar-refractivity contribution in [1.82, 2.24) is 0 Å². The van der Waals surface area contributed by atoms with Gasteiger partial charge in [0.15, 0.2) is 0 Å². The first-order chi connectivity index (χ1) is 6.81. The molecular weight excluding hydrogens is 210 g/mol. The predicted octanol–water partition coefficient (Wildman–Crippen LogP) is 2.92. The zero-order chi connectivity index (χ0) is 9.97. The fraction of sp³-hybridized carbons (Fsp3) is 0.500. The first-order valence-corrected chi connectivity index (χ1v) is 5.21. The zero-order valence-corrected chi connectivity index (χ0v) is 9.80. The molecule has 3 heteroatoms. The van der Waals surface area contributed by atoms with E-state index in [0.29, 0.717) is 5.92 Å². The van der Waals surface area contributed by atoms with Crippen molar-refractivity contribution in [2.45, 2.75) is 25.3 Å². The Morgan fingerprint density at radius 3 is 2.27 bits per heavy atom. The van der Waals surface area contributed by atoms with E-state index in [4.69, 9.17) is 10.5 Å². The highest BCUT2D eigenvalue weighted by atomic mass is 35.5. The Kier molecular flexibility index (Phi) is 4.43. The van der Waals surface area contributed by atoms with Gasteiger partial charge in [-0.3, -0.25) is 0 Å². The summed E-state index contributed by atoms with van der Waals surface area (Å²) < 4.78 is 5.11. The van der Waals surface area contributed by atoms with Gasteiger partial charge in [-0.1, -0.05) is 18.6 Å². The number of rotatable bonds is 3. The molecule has 1 aromatic rings. The largest absolute Gasteiger partial charge is 0.497 e. The van der Waals surface area contributed by atoms with Crippen LogP contribution in [-0.4, -0.2) is 7.11 Å². The third-order valence-electron chi connectivity index (χ3n) is 3.16. The predicted molar refractivity (Wildman–Crippen MR) is 64.5 cm³/mol. The van der Waals surface area contributed by atoms with Crippen LogP contribution < -0.4 is 10.5 Å². The molecule has 0 bridgehead atoms. The average Bonchev–Trinajstić information content (AvgIpc) is 2.15. The minimum atomic E-state index is 0. The summed E-state index contributed by atoms with van der Waals surface area (Å²) in [6.45, 7) is 0. The molecule has 1 atom stereocenters. The van der Waals surface area contributed by atoms with Crippen molar-refractivity contribution >= 4 is 12.4 Å². The lowest BCUT2D eigenvalue weighted by atomic mass is 9.78. The molecule has 2 rings (SSSR count). The van der Waals surface area contributed by atoms with E-state index in [-0.39, 0.29) is 18.4 Å². The molecule has 15 heavy (non-hydrogen) atoms. The highest BCUT2D eigenvalue weighted by Crippen LogP contribution is 2.36. The smallest absolute Gasteiger partial charge is 0.118 e. The number of methoxy groups -OCH3 is 1. The molecule has 1 fully saturated rings. The van der Waals surface area contributed by atoms with Crippen LogP contribution in [0.15, 0.2) is 24.3 Å². The van der Waals surface area contributed by atoms with Gasteiger partial charge in [0.2, 0.25) is 0 Å². The zero-order valence-electron chi connectivity index (χ0n) is 8.98. The second kappa shape index (κ2) is 5.38. The van der Waals surface area contributed by atoms with Gasteiger partial charge in [-0.25, -0.2) is 0 Å². The Morgan fingerprint density at radius 1 is 1.27 bits per heavy atom. The van der Waals surface area contributed by atoms with Gasteiger partial charge in [0.25, 0.3) is 0 Å². The summed E-state index contributed by atoms with van der Waals surface area (Å²) >= 11 is 0. The van der Waals surface area contributed by atoms with Crippen LogP contribution in [0.4, 0.5) is 0 Å². The maximum absolute atomic E-state index is 6.15. The Balaban J connectivity index is 0.00000112. The third kappa shape index (κ3) is 2.64. The lowest BCUT2D eigenvalue weighted by molar-refractivity contribution is 0.264. The van der Waals surface area contributed by atoms with Crippen molar-refractivity contribution < 1.29 is 4.74 Å². The third-order valence-corrected chi connectivity index (χ3v) is 3.16. The molecule has 0 saturated heterocycles. The number of hydrogen-bond donors (Lipinski definition) is 1. The van der Waals surface area contributed by atoms with Crippen molar-refractivity contribution in [3.05, 3.63) is 29.8 Å². The SMILES string of the molecule is COc1ccc(C(N)C2CCC2)cc1.Cl. The van der Waals surface area contributed by atoms with Gasteiger partial charge in [-0.2, -0.15) is 0 Å². The van der Waals surface area contributed by atoms with Gasteiger partial charge < -0.3 is 10.5 Å². The van der Waals surface area contributed by atoms with Crippen LogP contribution in [0, 0.1) is 5.92 Å². The first-order valence-electron chi connectivity index (χ1n) is 5.21. The van der Waals surface area contributed by atoms with E-state index in [9.17, 15) is 0 Å². The van der Waals surface area contributed by atoms with Crippen molar-refractivity contribution in [2.24, 2.45) is 11.7 Å². The normalized spacial score (nSPS) is 17.5. The topological polar surface area (TPSA) is 35.2 Å². The number of ether oxygens (including phenoxy) is 1. The minimum Gasteiger partial charge on any atom is -0.497 e. The van der Waals surface area contributed by atoms with E-state index < -0.39 is 0 Å². The monoisotopic (exact) mass is 227 g/mol. The van der Waals surface area contributed by atoms with Gasteiger partial charge >= 0.3 is 0 Å². The lowest BCUT2D eigenvalue weighted by Gasteiger charge is -2.31. The van der Waals surface area contributed by atoms with Crippen LogP contribution in [0.25, 0.3) is 0 Å². The quantitative estimate of drug-likeness (QED) is 0.862. The molecule has 0 heterocycles. The Hall–Kier alpha value is -0.730. The fourth-order valence-electron chi connectivity index (χ4n) is 1.90. The molecule has 1 unspecified atom stereocenters. The molecule has 2 nitrogen and oxygen atoms in total. The maximum Gasteiger partial charge on any atom is 0.118 e. The summed E-state index contributed by atoms with van der Waals surface area (Å²) in [6, 6.07) is 8.32. The minimum absolute atomic E-state index is 0. The van der Waals surface area contributed by atoms with Gasteiger partial charge in [0.1, 0.15) is 5.75 Å². The van der Waals surface area contributed by atoms with Crippen LogP contribution in [0.3, 0.4) is 0 Å². The highest BCUT2D eigenvalue weighted by molar-refractivity contribution is 5.85. The van der Waals surface area contributed by atoms with Gasteiger partial charge in [-0.15, -0.1) is 12.4 Å². The van der Waals surface area contributed by atoms with E-state index in [0.717, 1.165) is 5.75 Å². The van der Waals surface area contributed by atoms with E-state index >= 15 is 0 Å². The summed E-state index contributed by atoms with van der Waals surface area (Å²) in [5.41, 5.74) is 7.38. The van der Waals surface area contributed by atoms with Crippen molar-refractivity contribution in [3.63, 3.8) is 0 Å². The van der Waals surface area contributed by atoms with Crippen LogP contribution >= 0.6 is 12.4 Å². The molecular formula is C12H18ClNO. The molecule has 0 aromatic heterocycles. The summed E-state index contributed by atoms with van der Waals surface area (Å²) in [5.74, 6) is 1.60. The molecule has 84 valence electrons. The summed E-state index contributed by atoms with van der Waals surface area (Å²) in [4.78, 5) is 0. The fourth-order valence-corrected chi connectivity index (χ4v) is 1.90. The number of benzene rings is 1. The molecule has 1 aromatic carbocycles. The molecule has 0 radical (unpaired) electrons. The number of halogens is 1. The van der Waals surface area contributed by atoms with Gasteiger partial charge in [0, 0.05) is 6.04 Å². The molecule has 1 aliphatic carbocycles. The number of hydrogen-bond acceptors (Lipinski definition) is 2. The van der Waals surface area contributed by atoms with Crippen molar-refractivity contribution in [1.29, 1.82) is 0 Å². The summed E-state index contributed by atoms with van der Waals surface area (Å²) in [5, 5.41) is 0. The van der Waals surface area contributed by atoms with Gasteiger partial charge in [0.05, 0.1) is 7.11 Å². The second-order valence-electron chi connectivity index (χ2n) is 3.99. The van der Waals surface area contributed by atoms with Crippen LogP contribution in [0.1, 0.15) is 30.9 Å². The second-order valence-corrected chi connectivity index (χ2v) is 3.99. The van der Waals surface area contributed by atoms with Crippen LogP contribution in [-0.2, 0) is 0 Å². The first kappa shape index (κ1) is 12.3. The molecule has 2 N–H and O–H groups in total. The molecule has 1 aliphatic rings. The Labute approximate surface area is 97.2 Å². The Morgan fingerprint density at radius 2 is 1.87 bits per heavy atom. The molecule has 1 saturated carbocycles. The maximum atomic E-state index is 6.15. The van der Waals surface area contributed by atoms with Crippen LogP contribution in [0.2, 0.25) is 0 Å². The average molecular weight is 228 g/mol. The molecule has 0 amide bonds. The van der Waals surface area contributed by atoms with Gasteiger partial charge in [-0.05, 0) is 36.5 Å². The molecule has 0 aliphatic heterocycles. The number of nitrogens with two attached hydrogens (primary N) is 1. The lowest BCUT2D eigenvalue weighted by Crippen LogP contribution is -2.26.